The molecule has 33 heavy (non-hydrogen) atoms. The van der Waals surface area contributed by atoms with Gasteiger partial charge in [0.25, 0.3) is 0 Å². The van der Waals surface area contributed by atoms with Gasteiger partial charge in [0.15, 0.2) is 11.5 Å². The number of nitrogens with one attached hydrogen (secondary N) is 1. The van der Waals surface area contributed by atoms with E-state index < -0.39 is 0 Å². The quantitative estimate of drug-likeness (QED) is 0.397. The predicted molar refractivity (Wildman–Crippen MR) is 129 cm³/mol. The SMILES string of the molecule is COc1ccc(Cn2ncc(C)c2NC(=O)Cc2csc(Cc3ccccc3)n2)cc1OC. The molecule has 0 atom stereocenters. The molecule has 170 valence electrons. The van der Waals surface area contributed by atoms with Crippen LogP contribution in [0.5, 0.6) is 11.5 Å². The minimum Gasteiger partial charge on any atom is -0.493 e. The van der Waals surface area contributed by atoms with Crippen molar-refractivity contribution >= 4 is 23.1 Å². The Hall–Kier alpha value is -3.65. The number of carbonyl (C=O) groups excluding carboxylic acids is 1. The molecule has 0 spiro atoms. The number of hydrogen-bond acceptors (Lipinski definition) is 6. The zero-order chi connectivity index (χ0) is 23.2. The van der Waals surface area contributed by atoms with Crippen LogP contribution in [0.3, 0.4) is 0 Å². The number of carbonyl (C=O) groups is 1. The van der Waals surface area contributed by atoms with Gasteiger partial charge in [0.2, 0.25) is 5.91 Å². The molecule has 0 aliphatic carbocycles. The number of anilines is 1. The van der Waals surface area contributed by atoms with Crippen LogP contribution in [0, 0.1) is 6.92 Å². The van der Waals surface area contributed by atoms with Gasteiger partial charge in [-0.25, -0.2) is 9.67 Å². The molecule has 2 aromatic carbocycles. The van der Waals surface area contributed by atoms with Crippen molar-refractivity contribution in [3.63, 3.8) is 0 Å². The molecule has 1 amide bonds. The molecule has 4 aromatic rings. The fourth-order valence-electron chi connectivity index (χ4n) is 3.54. The molecule has 1 N–H and O–H groups in total. The lowest BCUT2D eigenvalue weighted by atomic mass is 10.2. The van der Waals surface area contributed by atoms with Gasteiger partial charge < -0.3 is 14.8 Å². The maximum atomic E-state index is 12.8. The second kappa shape index (κ2) is 10.3. The molecule has 0 radical (unpaired) electrons. The Bertz CT molecular complexity index is 1230. The van der Waals surface area contributed by atoms with Crippen LogP contribution in [0.25, 0.3) is 0 Å². The van der Waals surface area contributed by atoms with E-state index in [0.29, 0.717) is 23.9 Å². The Morgan fingerprint density at radius 1 is 1.06 bits per heavy atom. The fraction of sp³-hybridized carbons (Fsp3) is 0.240. The lowest BCUT2D eigenvalue weighted by Crippen LogP contribution is -2.19. The van der Waals surface area contributed by atoms with Crippen LogP contribution in [0.15, 0.2) is 60.1 Å². The number of benzene rings is 2. The minimum absolute atomic E-state index is 0.122. The summed E-state index contributed by atoms with van der Waals surface area (Å²) >= 11 is 1.58. The number of aryl methyl sites for hydroxylation is 1. The molecular weight excluding hydrogens is 436 g/mol. The first-order chi connectivity index (χ1) is 16.1. The van der Waals surface area contributed by atoms with E-state index in [0.717, 1.165) is 28.2 Å². The molecule has 0 unspecified atom stereocenters. The van der Waals surface area contributed by atoms with E-state index in [2.05, 4.69) is 27.5 Å². The summed E-state index contributed by atoms with van der Waals surface area (Å²) in [5, 5.41) is 10.4. The molecule has 7 nitrogen and oxygen atoms in total. The van der Waals surface area contributed by atoms with Gasteiger partial charge in [-0.2, -0.15) is 5.10 Å². The molecule has 0 saturated carbocycles. The Morgan fingerprint density at radius 2 is 1.85 bits per heavy atom. The van der Waals surface area contributed by atoms with Crippen LogP contribution in [-0.4, -0.2) is 34.9 Å². The van der Waals surface area contributed by atoms with Crippen LogP contribution >= 0.6 is 11.3 Å². The Labute approximate surface area is 197 Å². The molecule has 0 aliphatic heterocycles. The molecule has 0 bridgehead atoms. The van der Waals surface area contributed by atoms with Gasteiger partial charge in [-0.15, -0.1) is 11.3 Å². The van der Waals surface area contributed by atoms with Crippen molar-refractivity contribution in [2.75, 3.05) is 19.5 Å². The normalized spacial score (nSPS) is 10.8. The summed E-state index contributed by atoms with van der Waals surface area (Å²) in [6.45, 7) is 2.41. The number of aromatic nitrogens is 3. The monoisotopic (exact) mass is 462 g/mol. The number of amides is 1. The number of nitrogens with zero attached hydrogens (tertiary/aromatic N) is 3. The molecule has 0 aliphatic rings. The Morgan fingerprint density at radius 3 is 2.61 bits per heavy atom. The molecule has 4 rings (SSSR count). The fourth-order valence-corrected chi connectivity index (χ4v) is 4.36. The van der Waals surface area contributed by atoms with Crippen LogP contribution in [-0.2, 0) is 24.2 Å². The molecule has 2 heterocycles. The van der Waals surface area contributed by atoms with Crippen molar-refractivity contribution < 1.29 is 14.3 Å². The lowest BCUT2D eigenvalue weighted by Gasteiger charge is -2.12. The number of thiazole rings is 1. The zero-order valence-corrected chi connectivity index (χ0v) is 19.7. The van der Waals surface area contributed by atoms with Crippen molar-refractivity contribution in [1.29, 1.82) is 0 Å². The van der Waals surface area contributed by atoms with Crippen molar-refractivity contribution in [3.8, 4) is 11.5 Å². The van der Waals surface area contributed by atoms with Gasteiger partial charge in [-0.3, -0.25) is 4.79 Å². The van der Waals surface area contributed by atoms with E-state index in [-0.39, 0.29) is 12.3 Å². The Balaban J connectivity index is 1.42. The summed E-state index contributed by atoms with van der Waals surface area (Å²) in [4.78, 5) is 17.4. The number of ether oxygens (including phenoxy) is 2. The molecule has 8 heteroatoms. The smallest absolute Gasteiger partial charge is 0.231 e. The van der Waals surface area contributed by atoms with Crippen molar-refractivity contribution in [2.45, 2.75) is 26.3 Å². The molecular formula is C25H26N4O3S. The second-order valence-electron chi connectivity index (χ2n) is 7.64. The third kappa shape index (κ3) is 5.59. The first-order valence-electron chi connectivity index (χ1n) is 10.6. The van der Waals surface area contributed by atoms with E-state index in [1.165, 1.54) is 5.56 Å². The van der Waals surface area contributed by atoms with Gasteiger partial charge in [0.1, 0.15) is 5.82 Å². The van der Waals surface area contributed by atoms with Crippen LogP contribution in [0.1, 0.15) is 27.4 Å². The average Bonchev–Trinajstić information content (AvgIpc) is 3.40. The third-order valence-electron chi connectivity index (χ3n) is 5.20. The molecule has 0 saturated heterocycles. The van der Waals surface area contributed by atoms with Crippen LogP contribution < -0.4 is 14.8 Å². The summed E-state index contributed by atoms with van der Waals surface area (Å²) in [5.41, 5.74) is 3.85. The standard InChI is InChI=1S/C25H26N4O3S/c1-17-14-26-29(15-19-9-10-21(31-2)22(11-19)32-3)25(17)28-23(30)13-20-16-33-24(27-20)12-18-7-5-4-6-8-18/h4-11,14,16H,12-13,15H2,1-3H3,(H,28,30). The van der Waals surface area contributed by atoms with Crippen LogP contribution in [0.2, 0.25) is 0 Å². The summed E-state index contributed by atoms with van der Waals surface area (Å²) < 4.78 is 12.5. The first-order valence-corrected chi connectivity index (χ1v) is 11.4. The predicted octanol–water partition coefficient (Wildman–Crippen LogP) is 4.49. The molecule has 0 fully saturated rings. The summed E-state index contributed by atoms with van der Waals surface area (Å²) in [7, 11) is 3.21. The highest BCUT2D eigenvalue weighted by molar-refractivity contribution is 7.09. The number of methoxy groups -OCH3 is 2. The maximum absolute atomic E-state index is 12.8. The van der Waals surface area contributed by atoms with Gasteiger partial charge >= 0.3 is 0 Å². The second-order valence-corrected chi connectivity index (χ2v) is 8.59. The van der Waals surface area contributed by atoms with E-state index >= 15 is 0 Å². The van der Waals surface area contributed by atoms with Gasteiger partial charge in [-0.1, -0.05) is 36.4 Å². The van der Waals surface area contributed by atoms with Crippen molar-refractivity contribution in [3.05, 3.63) is 87.5 Å². The highest BCUT2D eigenvalue weighted by atomic mass is 32.1. The summed E-state index contributed by atoms with van der Waals surface area (Å²) in [5.74, 6) is 1.87. The highest BCUT2D eigenvalue weighted by Gasteiger charge is 2.15. The maximum Gasteiger partial charge on any atom is 0.231 e. The van der Waals surface area contributed by atoms with Gasteiger partial charge in [0, 0.05) is 17.4 Å². The average molecular weight is 463 g/mol. The number of rotatable bonds is 9. The molecule has 2 aromatic heterocycles. The van der Waals surface area contributed by atoms with E-state index in [9.17, 15) is 4.79 Å². The van der Waals surface area contributed by atoms with Crippen molar-refractivity contribution in [1.82, 2.24) is 14.8 Å². The van der Waals surface area contributed by atoms with Gasteiger partial charge in [0.05, 0.1) is 44.1 Å². The summed E-state index contributed by atoms with van der Waals surface area (Å²) in [6, 6.07) is 15.9. The van der Waals surface area contributed by atoms with Crippen LogP contribution in [0.4, 0.5) is 5.82 Å². The lowest BCUT2D eigenvalue weighted by molar-refractivity contribution is -0.115. The largest absolute Gasteiger partial charge is 0.493 e. The summed E-state index contributed by atoms with van der Waals surface area (Å²) in [6.07, 6.45) is 2.73. The minimum atomic E-state index is -0.122. The first kappa shape index (κ1) is 22.5. The highest BCUT2D eigenvalue weighted by Crippen LogP contribution is 2.28. The number of hydrogen-bond donors (Lipinski definition) is 1. The topological polar surface area (TPSA) is 78.3 Å². The third-order valence-corrected chi connectivity index (χ3v) is 6.10. The van der Waals surface area contributed by atoms with Crippen molar-refractivity contribution in [2.24, 2.45) is 0 Å². The van der Waals surface area contributed by atoms with E-state index in [1.807, 2.05) is 48.7 Å². The van der Waals surface area contributed by atoms with E-state index in [1.54, 1.807) is 36.4 Å². The zero-order valence-electron chi connectivity index (χ0n) is 18.9. The Kier molecular flexibility index (Phi) is 7.04. The van der Waals surface area contributed by atoms with E-state index in [4.69, 9.17) is 9.47 Å². The van der Waals surface area contributed by atoms with Gasteiger partial charge in [-0.05, 0) is 30.2 Å².